The molecule has 20 heavy (non-hydrogen) atoms. The summed E-state index contributed by atoms with van der Waals surface area (Å²) in [6.07, 6.45) is 5.87. The third-order valence-electron chi connectivity index (χ3n) is 3.42. The fraction of sp³-hybridized carbons (Fsp3) is 0.438. The Bertz CT molecular complexity index is 488. The van der Waals surface area contributed by atoms with Crippen molar-refractivity contribution in [2.45, 2.75) is 19.3 Å². The van der Waals surface area contributed by atoms with Crippen LogP contribution in [0.5, 0.6) is 0 Å². The normalized spacial score (nSPS) is 16.1. The van der Waals surface area contributed by atoms with E-state index in [1.54, 1.807) is 0 Å². The molecule has 0 amide bonds. The van der Waals surface area contributed by atoms with Crippen LogP contribution in [0.1, 0.15) is 24.8 Å². The largest absolute Gasteiger partial charge is 0.383 e. The number of piperidine rings is 1. The van der Waals surface area contributed by atoms with E-state index in [1.807, 2.05) is 43.3 Å². The number of nitrogens with zero attached hydrogens (tertiary/aromatic N) is 2. The summed E-state index contributed by atoms with van der Waals surface area (Å²) in [7, 11) is 4.05. The summed E-state index contributed by atoms with van der Waals surface area (Å²) in [5.74, 6) is 0. The Kier molecular flexibility index (Phi) is 5.44. The first kappa shape index (κ1) is 15.3. The lowest BCUT2D eigenvalue weighted by Crippen LogP contribution is -2.35. The molecular weight excluding hydrogens is 288 g/mol. The van der Waals surface area contributed by atoms with Crippen LogP contribution in [0, 0.1) is 0 Å². The van der Waals surface area contributed by atoms with Gasteiger partial charge in [-0.05, 0) is 37.0 Å². The average molecular weight is 309 g/mol. The molecule has 0 saturated carbocycles. The second kappa shape index (κ2) is 7.09. The van der Waals surface area contributed by atoms with E-state index in [2.05, 4.69) is 11.1 Å². The van der Waals surface area contributed by atoms with Crippen LogP contribution in [-0.4, -0.2) is 42.0 Å². The van der Waals surface area contributed by atoms with Crippen molar-refractivity contribution in [3.05, 3.63) is 41.1 Å². The molecule has 0 unspecified atom stereocenters. The Labute approximate surface area is 132 Å². The second-order valence-electron chi connectivity index (χ2n) is 5.37. The molecule has 0 radical (unpaired) electrons. The minimum Gasteiger partial charge on any atom is -0.383 e. The number of likely N-dealkylation sites (tertiary alicyclic amines) is 1. The molecule has 0 N–H and O–H groups in total. The molecule has 1 aromatic carbocycles. The zero-order valence-electron chi connectivity index (χ0n) is 12.1. The molecule has 0 aliphatic carbocycles. The first-order valence-electron chi connectivity index (χ1n) is 7.01. The van der Waals surface area contributed by atoms with Crippen molar-refractivity contribution < 1.29 is 0 Å². The van der Waals surface area contributed by atoms with Crippen LogP contribution in [0.25, 0.3) is 5.57 Å². The minimum atomic E-state index is 0.752. The summed E-state index contributed by atoms with van der Waals surface area (Å²) in [5.41, 5.74) is 2.22. The highest BCUT2D eigenvalue weighted by Crippen LogP contribution is 2.23. The molecule has 0 aromatic heterocycles. The molecule has 1 aliphatic rings. The van der Waals surface area contributed by atoms with E-state index in [4.69, 9.17) is 23.8 Å². The molecule has 1 heterocycles. The third-order valence-corrected chi connectivity index (χ3v) is 4.15. The molecule has 0 bridgehead atoms. The highest BCUT2D eigenvalue weighted by molar-refractivity contribution is 7.81. The molecule has 0 spiro atoms. The maximum Gasteiger partial charge on any atom is 0.111 e. The van der Waals surface area contributed by atoms with Gasteiger partial charge >= 0.3 is 0 Å². The highest BCUT2D eigenvalue weighted by Gasteiger charge is 2.18. The average Bonchev–Trinajstić information content (AvgIpc) is 2.46. The Morgan fingerprint density at radius 3 is 2.30 bits per heavy atom. The van der Waals surface area contributed by atoms with Crippen molar-refractivity contribution >= 4 is 34.4 Å². The topological polar surface area (TPSA) is 6.48 Å². The quantitative estimate of drug-likeness (QED) is 0.614. The first-order chi connectivity index (χ1) is 9.58. The van der Waals surface area contributed by atoms with Gasteiger partial charge in [-0.1, -0.05) is 36.0 Å². The second-order valence-corrected chi connectivity index (χ2v) is 6.19. The van der Waals surface area contributed by atoms with E-state index in [0.29, 0.717) is 0 Å². The van der Waals surface area contributed by atoms with E-state index in [-0.39, 0.29) is 0 Å². The van der Waals surface area contributed by atoms with Crippen molar-refractivity contribution in [3.63, 3.8) is 0 Å². The van der Waals surface area contributed by atoms with Gasteiger partial charge < -0.3 is 9.80 Å². The van der Waals surface area contributed by atoms with Crippen molar-refractivity contribution in [2.75, 3.05) is 27.2 Å². The SMILES string of the molecule is CN(C)/C=C(/C(=S)N1CCCCC1)c1ccc(Cl)cc1. The van der Waals surface area contributed by atoms with Gasteiger partial charge in [-0.3, -0.25) is 0 Å². The standard InChI is InChI=1S/C16H21ClN2S/c1-18(2)12-15(13-6-8-14(17)9-7-13)16(20)19-10-4-3-5-11-19/h6-9,12H,3-5,10-11H2,1-2H3/b15-12+. The fourth-order valence-electron chi connectivity index (χ4n) is 2.41. The van der Waals surface area contributed by atoms with Crippen LogP contribution < -0.4 is 0 Å². The molecule has 4 heteroatoms. The van der Waals surface area contributed by atoms with Gasteiger partial charge in [0, 0.05) is 44.0 Å². The number of hydrogen-bond donors (Lipinski definition) is 0. The van der Waals surface area contributed by atoms with E-state index in [1.165, 1.54) is 19.3 Å². The predicted molar refractivity (Wildman–Crippen MR) is 91.1 cm³/mol. The molecule has 0 atom stereocenters. The lowest BCUT2D eigenvalue weighted by Gasteiger charge is -2.30. The van der Waals surface area contributed by atoms with Gasteiger partial charge in [0.25, 0.3) is 0 Å². The maximum absolute atomic E-state index is 5.98. The molecule has 1 fully saturated rings. The lowest BCUT2D eigenvalue weighted by atomic mass is 10.0. The van der Waals surface area contributed by atoms with E-state index < -0.39 is 0 Å². The molecule has 1 aliphatic heterocycles. The van der Waals surface area contributed by atoms with Gasteiger partial charge in [0.1, 0.15) is 4.99 Å². The zero-order valence-corrected chi connectivity index (χ0v) is 13.7. The van der Waals surface area contributed by atoms with E-state index in [0.717, 1.165) is 34.2 Å². The van der Waals surface area contributed by atoms with Gasteiger partial charge in [-0.15, -0.1) is 0 Å². The molecule has 1 aromatic rings. The molecular formula is C16H21ClN2S. The molecule has 1 saturated heterocycles. The van der Waals surface area contributed by atoms with Crippen molar-refractivity contribution in [3.8, 4) is 0 Å². The Balaban J connectivity index is 2.27. The number of thiocarbonyl (C=S) groups is 1. The number of hydrogen-bond acceptors (Lipinski definition) is 2. The van der Waals surface area contributed by atoms with Gasteiger partial charge in [-0.2, -0.15) is 0 Å². The van der Waals surface area contributed by atoms with Crippen molar-refractivity contribution in [2.24, 2.45) is 0 Å². The monoisotopic (exact) mass is 308 g/mol. The summed E-state index contributed by atoms with van der Waals surface area (Å²) in [5, 5.41) is 0.752. The summed E-state index contributed by atoms with van der Waals surface area (Å²) < 4.78 is 0. The summed E-state index contributed by atoms with van der Waals surface area (Å²) >= 11 is 11.7. The van der Waals surface area contributed by atoms with Crippen molar-refractivity contribution in [1.29, 1.82) is 0 Å². The van der Waals surface area contributed by atoms with Crippen molar-refractivity contribution in [1.82, 2.24) is 9.80 Å². The van der Waals surface area contributed by atoms with Gasteiger partial charge in [0.2, 0.25) is 0 Å². The van der Waals surface area contributed by atoms with E-state index >= 15 is 0 Å². The number of halogens is 1. The Morgan fingerprint density at radius 1 is 1.15 bits per heavy atom. The van der Waals surface area contributed by atoms with Gasteiger partial charge in [-0.25, -0.2) is 0 Å². The minimum absolute atomic E-state index is 0.752. The first-order valence-corrected chi connectivity index (χ1v) is 7.80. The predicted octanol–water partition coefficient (Wildman–Crippen LogP) is 4.06. The van der Waals surface area contributed by atoms with Crippen LogP contribution in [0.2, 0.25) is 5.02 Å². The highest BCUT2D eigenvalue weighted by atomic mass is 35.5. The van der Waals surface area contributed by atoms with Crippen LogP contribution in [0.4, 0.5) is 0 Å². The Hall–Kier alpha value is -1.06. The molecule has 108 valence electrons. The maximum atomic E-state index is 5.98. The van der Waals surface area contributed by atoms with Gasteiger partial charge in [0.15, 0.2) is 0 Å². The third kappa shape index (κ3) is 3.97. The molecule has 2 nitrogen and oxygen atoms in total. The summed E-state index contributed by atoms with van der Waals surface area (Å²) in [6.45, 7) is 2.13. The van der Waals surface area contributed by atoms with Crippen LogP contribution in [0.3, 0.4) is 0 Å². The van der Waals surface area contributed by atoms with Crippen LogP contribution in [-0.2, 0) is 0 Å². The summed E-state index contributed by atoms with van der Waals surface area (Å²) in [6, 6.07) is 7.90. The Morgan fingerprint density at radius 2 is 1.75 bits per heavy atom. The number of benzene rings is 1. The lowest BCUT2D eigenvalue weighted by molar-refractivity contribution is 0.349. The zero-order chi connectivity index (χ0) is 14.5. The fourth-order valence-corrected chi connectivity index (χ4v) is 2.89. The van der Waals surface area contributed by atoms with E-state index in [9.17, 15) is 0 Å². The van der Waals surface area contributed by atoms with Crippen LogP contribution >= 0.6 is 23.8 Å². The smallest absolute Gasteiger partial charge is 0.111 e. The molecule has 2 rings (SSSR count). The number of rotatable bonds is 3. The van der Waals surface area contributed by atoms with Gasteiger partial charge in [0.05, 0.1) is 0 Å². The summed E-state index contributed by atoms with van der Waals surface area (Å²) in [4.78, 5) is 5.31. The van der Waals surface area contributed by atoms with Crippen LogP contribution in [0.15, 0.2) is 30.5 Å².